The molecule has 3 rings (SSSR count). The second kappa shape index (κ2) is 11.4. The summed E-state index contributed by atoms with van der Waals surface area (Å²) in [4.78, 5) is 36.0. The predicted molar refractivity (Wildman–Crippen MR) is 143 cm³/mol. The van der Waals surface area contributed by atoms with Crippen molar-refractivity contribution in [2.75, 3.05) is 0 Å². The van der Waals surface area contributed by atoms with Crippen molar-refractivity contribution in [2.24, 2.45) is 0 Å². The van der Waals surface area contributed by atoms with Crippen molar-refractivity contribution >= 4 is 17.9 Å². The van der Waals surface area contributed by atoms with Crippen LogP contribution in [0.15, 0.2) is 97.1 Å². The Kier molecular flexibility index (Phi) is 8.25. The van der Waals surface area contributed by atoms with E-state index < -0.39 is 17.9 Å². The summed E-state index contributed by atoms with van der Waals surface area (Å²) in [6.45, 7) is 17.4. The molecule has 6 nitrogen and oxygen atoms in total. The lowest BCUT2D eigenvalue weighted by Gasteiger charge is -2.14. The monoisotopic (exact) mass is 496 g/mol. The summed E-state index contributed by atoms with van der Waals surface area (Å²) in [5.74, 6) is -1.08. The number of ether oxygens (including phenoxy) is 3. The molecule has 0 aromatic heterocycles. The van der Waals surface area contributed by atoms with Gasteiger partial charge >= 0.3 is 17.9 Å². The van der Waals surface area contributed by atoms with Crippen LogP contribution in [-0.2, 0) is 14.4 Å². The number of carbonyl (C=O) groups excluding carboxylic acids is 3. The van der Waals surface area contributed by atoms with E-state index >= 15 is 0 Å². The quantitative estimate of drug-likeness (QED) is 0.194. The number of rotatable bonds is 8. The van der Waals surface area contributed by atoms with Gasteiger partial charge in [-0.3, -0.25) is 0 Å². The van der Waals surface area contributed by atoms with E-state index in [2.05, 4.69) is 19.7 Å². The van der Waals surface area contributed by atoms with Crippen molar-refractivity contribution in [1.82, 2.24) is 0 Å². The number of hydrogen-bond acceptors (Lipinski definition) is 6. The highest BCUT2D eigenvalue weighted by atomic mass is 16.6. The number of hydrogen-bond donors (Lipinski definition) is 0. The molecule has 0 aliphatic rings. The Balaban J connectivity index is 1.92. The van der Waals surface area contributed by atoms with Crippen molar-refractivity contribution in [2.45, 2.75) is 27.7 Å². The summed E-state index contributed by atoms with van der Waals surface area (Å²) in [5.41, 5.74) is 5.32. The molecule has 0 heterocycles. The van der Waals surface area contributed by atoms with Crippen LogP contribution in [0.3, 0.4) is 0 Å². The highest BCUT2D eigenvalue weighted by molar-refractivity contribution is 5.92. The first-order chi connectivity index (χ1) is 17.5. The highest BCUT2D eigenvalue weighted by Crippen LogP contribution is 2.36. The predicted octanol–water partition coefficient (Wildman–Crippen LogP) is 6.77. The van der Waals surface area contributed by atoms with Crippen LogP contribution < -0.4 is 14.2 Å². The molecule has 0 radical (unpaired) electrons. The second-order valence-electron chi connectivity index (χ2n) is 8.73. The molecule has 0 amide bonds. The van der Waals surface area contributed by atoms with Gasteiger partial charge in [-0.2, -0.15) is 0 Å². The maximum absolute atomic E-state index is 12.2. The van der Waals surface area contributed by atoms with Gasteiger partial charge in [0.1, 0.15) is 5.75 Å². The van der Waals surface area contributed by atoms with Gasteiger partial charge in [-0.15, -0.1) is 0 Å². The molecular formula is C31H28O6. The number of esters is 3. The molecule has 6 heteroatoms. The van der Waals surface area contributed by atoms with E-state index in [4.69, 9.17) is 14.2 Å². The Morgan fingerprint density at radius 2 is 1.05 bits per heavy atom. The first kappa shape index (κ1) is 26.9. The molecule has 0 aliphatic heterocycles. The zero-order valence-corrected chi connectivity index (χ0v) is 21.3. The van der Waals surface area contributed by atoms with E-state index in [1.807, 2.05) is 37.3 Å². The van der Waals surface area contributed by atoms with Crippen molar-refractivity contribution < 1.29 is 28.6 Å². The molecule has 0 N–H and O–H groups in total. The SMILES string of the molecule is C=C(C)C(=O)Oc1ccc(-c2ccc(-c3ccc(OC(=O)C(=C)C)c(OC(=O)C(=C)C)c3)c(C)c2)cc1. The van der Waals surface area contributed by atoms with Gasteiger partial charge in [-0.25, -0.2) is 14.4 Å². The summed E-state index contributed by atoms with van der Waals surface area (Å²) in [7, 11) is 0. The summed E-state index contributed by atoms with van der Waals surface area (Å²) in [5, 5.41) is 0. The maximum Gasteiger partial charge on any atom is 0.338 e. The summed E-state index contributed by atoms with van der Waals surface area (Å²) >= 11 is 0. The molecule has 0 unspecified atom stereocenters. The van der Waals surface area contributed by atoms with Gasteiger partial charge < -0.3 is 14.2 Å². The Morgan fingerprint density at radius 1 is 0.568 bits per heavy atom. The van der Waals surface area contributed by atoms with E-state index in [-0.39, 0.29) is 22.6 Å². The standard InChI is InChI=1S/C31H28O6/c1-18(2)29(32)35-25-12-8-22(9-13-25)23-10-14-26(21(7)16-23)24-11-15-27(36-30(33)19(3)4)28(17-24)37-31(34)20(5)6/h8-17H,1,3,5H2,2,4,6-7H3. The molecule has 37 heavy (non-hydrogen) atoms. The zero-order valence-electron chi connectivity index (χ0n) is 21.3. The maximum atomic E-state index is 12.2. The van der Waals surface area contributed by atoms with Crippen LogP contribution in [0.2, 0.25) is 0 Å². The van der Waals surface area contributed by atoms with Gasteiger partial charge in [-0.1, -0.05) is 56.1 Å². The highest BCUT2D eigenvalue weighted by Gasteiger charge is 2.17. The third-order valence-electron chi connectivity index (χ3n) is 5.33. The number of benzene rings is 3. The third kappa shape index (κ3) is 6.70. The number of aryl methyl sites for hydroxylation is 1. The van der Waals surface area contributed by atoms with Crippen LogP contribution >= 0.6 is 0 Å². The summed E-state index contributed by atoms with van der Waals surface area (Å²) in [6.07, 6.45) is 0. The molecular weight excluding hydrogens is 468 g/mol. The van der Waals surface area contributed by atoms with Crippen molar-refractivity contribution in [3.05, 3.63) is 103 Å². The van der Waals surface area contributed by atoms with E-state index in [1.165, 1.54) is 13.8 Å². The average molecular weight is 497 g/mol. The molecule has 0 bridgehead atoms. The van der Waals surface area contributed by atoms with E-state index in [0.717, 1.165) is 27.8 Å². The molecule has 0 fully saturated rings. The van der Waals surface area contributed by atoms with Crippen LogP contribution in [-0.4, -0.2) is 17.9 Å². The Bertz CT molecular complexity index is 1430. The fourth-order valence-electron chi connectivity index (χ4n) is 3.29. The van der Waals surface area contributed by atoms with Gasteiger partial charge in [0.2, 0.25) is 0 Å². The topological polar surface area (TPSA) is 78.9 Å². The van der Waals surface area contributed by atoms with Crippen LogP contribution in [0.4, 0.5) is 0 Å². The van der Waals surface area contributed by atoms with Gasteiger partial charge in [0.25, 0.3) is 0 Å². The van der Waals surface area contributed by atoms with Crippen LogP contribution in [0.25, 0.3) is 22.3 Å². The first-order valence-electron chi connectivity index (χ1n) is 11.4. The molecule has 3 aromatic carbocycles. The van der Waals surface area contributed by atoms with E-state index in [9.17, 15) is 14.4 Å². The molecule has 0 aliphatic carbocycles. The fraction of sp³-hybridized carbons (Fsp3) is 0.129. The second-order valence-corrected chi connectivity index (χ2v) is 8.73. The molecule has 0 saturated carbocycles. The van der Waals surface area contributed by atoms with E-state index in [0.29, 0.717) is 11.3 Å². The summed E-state index contributed by atoms with van der Waals surface area (Å²) in [6, 6.07) is 18.2. The van der Waals surface area contributed by atoms with Gasteiger partial charge in [-0.05, 0) is 79.8 Å². The molecule has 0 atom stereocenters. The smallest absolute Gasteiger partial charge is 0.338 e. The molecule has 188 valence electrons. The van der Waals surface area contributed by atoms with Crippen molar-refractivity contribution in [1.29, 1.82) is 0 Å². The molecule has 3 aromatic rings. The van der Waals surface area contributed by atoms with Gasteiger partial charge in [0.15, 0.2) is 11.5 Å². The number of carbonyl (C=O) groups is 3. The van der Waals surface area contributed by atoms with Crippen molar-refractivity contribution in [3.8, 4) is 39.5 Å². The Morgan fingerprint density at radius 3 is 1.59 bits per heavy atom. The van der Waals surface area contributed by atoms with E-state index in [1.54, 1.807) is 37.3 Å². The lowest BCUT2D eigenvalue weighted by Crippen LogP contribution is -2.12. The normalized spacial score (nSPS) is 10.3. The Labute approximate surface area is 216 Å². The molecule has 0 spiro atoms. The third-order valence-corrected chi connectivity index (χ3v) is 5.33. The minimum absolute atomic E-state index is 0.100. The Hall–Kier alpha value is -4.71. The van der Waals surface area contributed by atoms with Gasteiger partial charge in [0, 0.05) is 16.7 Å². The zero-order chi connectivity index (χ0) is 27.3. The van der Waals surface area contributed by atoms with Crippen LogP contribution in [0.5, 0.6) is 17.2 Å². The minimum Gasteiger partial charge on any atom is -0.423 e. The average Bonchev–Trinajstić information content (AvgIpc) is 2.85. The van der Waals surface area contributed by atoms with Crippen LogP contribution in [0, 0.1) is 6.92 Å². The fourth-order valence-corrected chi connectivity index (χ4v) is 3.29. The lowest BCUT2D eigenvalue weighted by molar-refractivity contribution is -0.132. The van der Waals surface area contributed by atoms with Crippen LogP contribution in [0.1, 0.15) is 26.3 Å². The summed E-state index contributed by atoms with van der Waals surface area (Å²) < 4.78 is 16.1. The van der Waals surface area contributed by atoms with Gasteiger partial charge in [0.05, 0.1) is 0 Å². The van der Waals surface area contributed by atoms with Crippen molar-refractivity contribution in [3.63, 3.8) is 0 Å². The molecule has 0 saturated heterocycles. The first-order valence-corrected chi connectivity index (χ1v) is 11.4. The lowest BCUT2D eigenvalue weighted by atomic mass is 9.95. The minimum atomic E-state index is -0.630. The largest absolute Gasteiger partial charge is 0.423 e.